The van der Waals surface area contributed by atoms with Crippen molar-refractivity contribution in [3.05, 3.63) is 28.2 Å². The maximum atomic E-state index is 12.4. The molecule has 118 valence electrons. The number of sulfonamides is 1. The van der Waals surface area contributed by atoms with Crippen LogP contribution in [-0.2, 0) is 16.6 Å². The predicted molar refractivity (Wildman–Crippen MR) is 88.6 cm³/mol. The van der Waals surface area contributed by atoms with Gasteiger partial charge in [0.1, 0.15) is 0 Å². The molecule has 1 fully saturated rings. The number of hydrogen-bond donors (Lipinski definition) is 2. The van der Waals surface area contributed by atoms with Gasteiger partial charge >= 0.3 is 0 Å². The van der Waals surface area contributed by atoms with Gasteiger partial charge in [-0.3, -0.25) is 0 Å². The molecule has 0 aliphatic heterocycles. The average molecular weight is 375 g/mol. The predicted octanol–water partition coefficient (Wildman–Crippen LogP) is 3.02. The quantitative estimate of drug-likeness (QED) is 0.770. The van der Waals surface area contributed by atoms with E-state index in [1.807, 2.05) is 19.1 Å². The van der Waals surface area contributed by atoms with Gasteiger partial charge in [-0.15, -0.1) is 0 Å². The molecule has 0 radical (unpaired) electrons. The highest BCUT2D eigenvalue weighted by molar-refractivity contribution is 9.10. The van der Waals surface area contributed by atoms with Crippen molar-refractivity contribution in [2.75, 3.05) is 0 Å². The normalized spacial score (nSPS) is 17.2. The minimum Gasteiger partial charge on any atom is -0.310 e. The lowest BCUT2D eigenvalue weighted by Crippen LogP contribution is -2.34. The van der Waals surface area contributed by atoms with Gasteiger partial charge in [0, 0.05) is 23.1 Å². The monoisotopic (exact) mass is 374 g/mol. The first-order valence-corrected chi connectivity index (χ1v) is 9.61. The molecule has 0 aromatic heterocycles. The van der Waals surface area contributed by atoms with Crippen LogP contribution in [0.25, 0.3) is 0 Å². The van der Waals surface area contributed by atoms with E-state index in [9.17, 15) is 8.42 Å². The lowest BCUT2D eigenvalue weighted by molar-refractivity contribution is 0.537. The van der Waals surface area contributed by atoms with E-state index in [2.05, 4.69) is 39.8 Å². The van der Waals surface area contributed by atoms with E-state index < -0.39 is 10.0 Å². The Bertz CT molecular complexity index is 598. The molecule has 1 aromatic rings. The largest absolute Gasteiger partial charge is 0.310 e. The summed E-state index contributed by atoms with van der Waals surface area (Å²) in [6.45, 7) is 6.82. The molecule has 0 saturated heterocycles. The van der Waals surface area contributed by atoms with Crippen molar-refractivity contribution in [1.29, 1.82) is 0 Å². The summed E-state index contributed by atoms with van der Waals surface area (Å²) in [5.74, 6) is 0.494. The molecule has 0 amide bonds. The van der Waals surface area contributed by atoms with Gasteiger partial charge in [0.05, 0.1) is 4.90 Å². The Morgan fingerprint density at radius 3 is 2.48 bits per heavy atom. The molecule has 1 aromatic carbocycles. The van der Waals surface area contributed by atoms with E-state index in [-0.39, 0.29) is 6.04 Å². The van der Waals surface area contributed by atoms with Crippen molar-refractivity contribution in [2.45, 2.75) is 57.1 Å². The van der Waals surface area contributed by atoms with Gasteiger partial charge in [-0.25, -0.2) is 13.1 Å². The van der Waals surface area contributed by atoms with Gasteiger partial charge in [0.15, 0.2) is 0 Å². The Labute approximate surface area is 135 Å². The van der Waals surface area contributed by atoms with Crippen LogP contribution >= 0.6 is 15.9 Å². The maximum Gasteiger partial charge on any atom is 0.241 e. The number of rotatable bonds is 7. The second kappa shape index (κ2) is 6.77. The van der Waals surface area contributed by atoms with Crippen LogP contribution in [0.4, 0.5) is 0 Å². The van der Waals surface area contributed by atoms with Crippen molar-refractivity contribution in [3.8, 4) is 0 Å². The lowest BCUT2D eigenvalue weighted by Gasteiger charge is -2.15. The molecule has 0 heterocycles. The molecular weight excluding hydrogens is 352 g/mol. The highest BCUT2D eigenvalue weighted by Crippen LogP contribution is 2.33. The summed E-state index contributed by atoms with van der Waals surface area (Å²) in [6, 6.07) is 5.79. The summed E-state index contributed by atoms with van der Waals surface area (Å²) in [5, 5.41) is 3.32. The lowest BCUT2D eigenvalue weighted by atomic mass is 10.2. The van der Waals surface area contributed by atoms with Crippen LogP contribution in [-0.4, -0.2) is 20.5 Å². The van der Waals surface area contributed by atoms with Gasteiger partial charge in [-0.05, 0) is 59.3 Å². The Morgan fingerprint density at radius 1 is 1.29 bits per heavy atom. The van der Waals surface area contributed by atoms with Crippen molar-refractivity contribution < 1.29 is 8.42 Å². The van der Waals surface area contributed by atoms with Gasteiger partial charge in [-0.2, -0.15) is 0 Å². The third kappa shape index (κ3) is 4.77. The van der Waals surface area contributed by atoms with Crippen LogP contribution in [0.15, 0.2) is 27.6 Å². The topological polar surface area (TPSA) is 58.2 Å². The summed E-state index contributed by atoms with van der Waals surface area (Å²) in [5.41, 5.74) is 1.06. The third-order valence-electron chi connectivity index (χ3n) is 3.67. The van der Waals surface area contributed by atoms with E-state index in [1.165, 1.54) is 0 Å². The number of benzene rings is 1. The second-order valence-electron chi connectivity index (χ2n) is 6.05. The van der Waals surface area contributed by atoms with Crippen molar-refractivity contribution >= 4 is 26.0 Å². The molecule has 1 saturated carbocycles. The van der Waals surface area contributed by atoms with Crippen LogP contribution < -0.4 is 10.0 Å². The summed E-state index contributed by atoms with van der Waals surface area (Å²) in [7, 11) is -3.46. The van der Waals surface area contributed by atoms with Gasteiger partial charge < -0.3 is 5.32 Å². The number of halogens is 1. The van der Waals surface area contributed by atoms with Gasteiger partial charge in [0.2, 0.25) is 10.0 Å². The summed E-state index contributed by atoms with van der Waals surface area (Å²) in [6.07, 6.45) is 2.23. The molecule has 1 unspecified atom stereocenters. The van der Waals surface area contributed by atoms with Gasteiger partial charge in [0.25, 0.3) is 0 Å². The molecular formula is C15H23BrN2O2S. The number of hydrogen-bond acceptors (Lipinski definition) is 3. The fourth-order valence-corrected chi connectivity index (χ4v) is 4.63. The first-order chi connectivity index (χ1) is 9.79. The smallest absolute Gasteiger partial charge is 0.241 e. The molecule has 1 atom stereocenters. The van der Waals surface area contributed by atoms with Crippen LogP contribution in [0.5, 0.6) is 0 Å². The zero-order valence-electron chi connectivity index (χ0n) is 12.7. The van der Waals surface area contributed by atoms with Crippen molar-refractivity contribution in [1.82, 2.24) is 10.0 Å². The summed E-state index contributed by atoms with van der Waals surface area (Å²) in [4.78, 5) is 0.309. The second-order valence-corrected chi connectivity index (χ2v) is 8.58. The SMILES string of the molecule is CC(C)NCc1ccc(S(=O)(=O)NC(C)C2CC2)c(Br)c1. The van der Waals surface area contributed by atoms with E-state index >= 15 is 0 Å². The summed E-state index contributed by atoms with van der Waals surface area (Å²) < 4.78 is 28.2. The van der Waals surface area contributed by atoms with Crippen molar-refractivity contribution in [2.24, 2.45) is 5.92 Å². The third-order valence-corrected chi connectivity index (χ3v) is 6.21. The zero-order valence-corrected chi connectivity index (χ0v) is 15.1. The molecule has 1 aliphatic rings. The van der Waals surface area contributed by atoms with E-state index in [0.717, 1.165) is 24.9 Å². The highest BCUT2D eigenvalue weighted by atomic mass is 79.9. The van der Waals surface area contributed by atoms with E-state index in [1.54, 1.807) is 6.07 Å². The molecule has 21 heavy (non-hydrogen) atoms. The van der Waals surface area contributed by atoms with Crippen LogP contribution in [0, 0.1) is 5.92 Å². The number of nitrogens with one attached hydrogen (secondary N) is 2. The fraction of sp³-hybridized carbons (Fsp3) is 0.600. The minimum absolute atomic E-state index is 0.00387. The Kier molecular flexibility index (Phi) is 5.46. The first kappa shape index (κ1) is 16.9. The molecule has 0 spiro atoms. The highest BCUT2D eigenvalue weighted by Gasteiger charge is 2.31. The average Bonchev–Trinajstić information content (AvgIpc) is 3.19. The van der Waals surface area contributed by atoms with Crippen LogP contribution in [0.1, 0.15) is 39.2 Å². The Balaban J connectivity index is 2.11. The molecule has 6 heteroatoms. The van der Waals surface area contributed by atoms with Crippen LogP contribution in [0.3, 0.4) is 0 Å². The van der Waals surface area contributed by atoms with Gasteiger partial charge in [-0.1, -0.05) is 19.9 Å². The zero-order chi connectivity index (χ0) is 15.6. The fourth-order valence-electron chi connectivity index (χ4n) is 2.19. The van der Waals surface area contributed by atoms with E-state index in [4.69, 9.17) is 0 Å². The standard InChI is InChI=1S/C15H23BrN2O2S/c1-10(2)17-9-12-4-7-15(14(16)8-12)21(19,20)18-11(3)13-5-6-13/h4,7-8,10-11,13,17-18H,5-6,9H2,1-3H3. The maximum absolute atomic E-state index is 12.4. The molecule has 0 bridgehead atoms. The minimum atomic E-state index is -3.46. The molecule has 2 N–H and O–H groups in total. The molecule has 1 aliphatic carbocycles. The Hall–Kier alpha value is -0.430. The van der Waals surface area contributed by atoms with Crippen LogP contribution in [0.2, 0.25) is 0 Å². The van der Waals surface area contributed by atoms with E-state index in [0.29, 0.717) is 21.3 Å². The molecule has 2 rings (SSSR count). The first-order valence-electron chi connectivity index (χ1n) is 7.33. The summed E-state index contributed by atoms with van der Waals surface area (Å²) >= 11 is 3.39. The molecule has 4 nitrogen and oxygen atoms in total. The Morgan fingerprint density at radius 2 is 1.95 bits per heavy atom. The van der Waals surface area contributed by atoms with Crippen molar-refractivity contribution in [3.63, 3.8) is 0 Å².